The second-order valence-corrected chi connectivity index (χ2v) is 8.48. The van der Waals surface area contributed by atoms with E-state index in [0.717, 1.165) is 10.7 Å². The molecule has 1 aromatic heterocycles. The Labute approximate surface area is 212 Å². The molecule has 0 saturated carbocycles. The maximum atomic E-state index is 13.1. The van der Waals surface area contributed by atoms with E-state index in [1.54, 1.807) is 53.4 Å². The van der Waals surface area contributed by atoms with E-state index in [4.69, 9.17) is 11.6 Å². The first-order valence-corrected chi connectivity index (χ1v) is 11.6. The van der Waals surface area contributed by atoms with Crippen molar-refractivity contribution in [2.45, 2.75) is 0 Å². The summed E-state index contributed by atoms with van der Waals surface area (Å²) in [5, 5.41) is 16.8. The number of hydrogen-bond acceptors (Lipinski definition) is 7. The van der Waals surface area contributed by atoms with E-state index in [2.05, 4.69) is 15.0 Å². The van der Waals surface area contributed by atoms with E-state index >= 15 is 0 Å². The van der Waals surface area contributed by atoms with Crippen LogP contribution in [0.25, 0.3) is 0 Å². The average Bonchev–Trinajstić information content (AvgIpc) is 2.91. The number of anilines is 1. The second kappa shape index (κ2) is 11.4. The number of carbonyl (C=O) groups is 2. The molecule has 0 radical (unpaired) electrons. The summed E-state index contributed by atoms with van der Waals surface area (Å²) in [7, 11) is 0. The number of nitrogens with zero attached hydrogens (tertiary/aromatic N) is 6. The fourth-order valence-corrected chi connectivity index (χ4v) is 3.96. The van der Waals surface area contributed by atoms with Gasteiger partial charge in [0.05, 0.1) is 11.1 Å². The summed E-state index contributed by atoms with van der Waals surface area (Å²) in [6.45, 7) is 1.80. The maximum Gasteiger partial charge on any atom is 0.274 e. The van der Waals surface area contributed by atoms with Gasteiger partial charge in [-0.15, -0.1) is 0 Å². The zero-order chi connectivity index (χ0) is 25.5. The number of benzene rings is 2. The number of hydrogen-bond donors (Lipinski definition) is 0. The quantitative estimate of drug-likeness (QED) is 0.275. The first-order chi connectivity index (χ1) is 17.4. The van der Waals surface area contributed by atoms with E-state index in [9.17, 15) is 19.7 Å². The van der Waals surface area contributed by atoms with Crippen LogP contribution in [0.2, 0.25) is 5.02 Å². The Morgan fingerprint density at radius 3 is 2.39 bits per heavy atom. The number of pyridine rings is 1. The number of aromatic nitrogens is 1. The summed E-state index contributed by atoms with van der Waals surface area (Å²) in [4.78, 5) is 44.3. The van der Waals surface area contributed by atoms with Gasteiger partial charge < -0.3 is 9.80 Å². The van der Waals surface area contributed by atoms with Crippen molar-refractivity contribution < 1.29 is 14.5 Å². The number of nitro benzene ring substituents is 1. The van der Waals surface area contributed by atoms with Crippen LogP contribution >= 0.6 is 11.6 Å². The summed E-state index contributed by atoms with van der Waals surface area (Å²) >= 11 is 6.04. The van der Waals surface area contributed by atoms with Crippen LogP contribution in [0.5, 0.6) is 0 Å². The molecule has 1 fully saturated rings. The van der Waals surface area contributed by atoms with E-state index < -0.39 is 10.8 Å². The molecule has 1 aliphatic heterocycles. The molecule has 11 heteroatoms. The van der Waals surface area contributed by atoms with Gasteiger partial charge >= 0.3 is 0 Å². The third-order valence-corrected chi connectivity index (χ3v) is 5.93. The number of non-ortho nitro benzene ring substituents is 1. The first-order valence-electron chi connectivity index (χ1n) is 11.2. The molecule has 36 heavy (non-hydrogen) atoms. The van der Waals surface area contributed by atoms with Gasteiger partial charge in [0.2, 0.25) is 5.91 Å². The SMILES string of the molecule is O=C(CN(/N=C/c1cccc(Cl)c1)C(=O)c1ccncc1)N1CCN(c2ccc([N+](=O)[O-])cc2)CC1. The molecule has 1 aliphatic rings. The Balaban J connectivity index is 1.43. The highest BCUT2D eigenvalue weighted by Crippen LogP contribution is 2.21. The molecular weight excluding hydrogens is 484 g/mol. The summed E-state index contributed by atoms with van der Waals surface area (Å²) in [5.41, 5.74) is 1.95. The molecule has 0 bridgehead atoms. The fourth-order valence-electron chi connectivity index (χ4n) is 3.76. The van der Waals surface area contributed by atoms with E-state index in [1.807, 2.05) is 0 Å². The van der Waals surface area contributed by atoms with Crippen LogP contribution in [0.4, 0.5) is 11.4 Å². The molecule has 1 saturated heterocycles. The van der Waals surface area contributed by atoms with Gasteiger partial charge in [0.25, 0.3) is 11.6 Å². The Hall–Kier alpha value is -4.31. The van der Waals surface area contributed by atoms with E-state index in [0.29, 0.717) is 42.3 Å². The number of rotatable bonds is 7. The number of nitro groups is 1. The van der Waals surface area contributed by atoms with Crippen LogP contribution in [0.3, 0.4) is 0 Å². The molecule has 2 heterocycles. The highest BCUT2D eigenvalue weighted by atomic mass is 35.5. The van der Waals surface area contributed by atoms with Crippen LogP contribution < -0.4 is 4.90 Å². The van der Waals surface area contributed by atoms with Crippen molar-refractivity contribution in [2.24, 2.45) is 5.10 Å². The van der Waals surface area contributed by atoms with Crippen molar-refractivity contribution in [3.8, 4) is 0 Å². The van der Waals surface area contributed by atoms with Crippen molar-refractivity contribution in [3.63, 3.8) is 0 Å². The first kappa shape index (κ1) is 24.8. The molecular formula is C25H23ClN6O4. The molecule has 0 N–H and O–H groups in total. The lowest BCUT2D eigenvalue weighted by molar-refractivity contribution is -0.384. The summed E-state index contributed by atoms with van der Waals surface area (Å²) in [6.07, 6.45) is 4.50. The average molecular weight is 507 g/mol. The molecule has 4 rings (SSSR count). The van der Waals surface area contributed by atoms with Crippen LogP contribution in [-0.2, 0) is 4.79 Å². The number of hydrazone groups is 1. The minimum absolute atomic E-state index is 0.0323. The van der Waals surface area contributed by atoms with Gasteiger partial charge in [0.15, 0.2) is 0 Å². The predicted molar refractivity (Wildman–Crippen MR) is 136 cm³/mol. The third kappa shape index (κ3) is 6.22. The molecule has 2 aromatic carbocycles. The highest BCUT2D eigenvalue weighted by molar-refractivity contribution is 6.30. The van der Waals surface area contributed by atoms with Gasteiger partial charge in [-0.1, -0.05) is 23.7 Å². The normalized spacial score (nSPS) is 13.6. The van der Waals surface area contributed by atoms with Gasteiger partial charge in [-0.3, -0.25) is 24.7 Å². The van der Waals surface area contributed by atoms with Gasteiger partial charge in [0.1, 0.15) is 6.54 Å². The predicted octanol–water partition coefficient (Wildman–Crippen LogP) is 3.47. The maximum absolute atomic E-state index is 13.1. The van der Waals surface area contributed by atoms with Crippen LogP contribution in [0.15, 0.2) is 78.2 Å². The van der Waals surface area contributed by atoms with Gasteiger partial charge in [-0.25, -0.2) is 5.01 Å². The lowest BCUT2D eigenvalue weighted by Gasteiger charge is -2.36. The van der Waals surface area contributed by atoms with Crippen molar-refractivity contribution in [1.29, 1.82) is 0 Å². The summed E-state index contributed by atoms with van der Waals surface area (Å²) in [6, 6.07) is 16.5. The number of carbonyl (C=O) groups excluding carboxylic acids is 2. The Morgan fingerprint density at radius 2 is 1.75 bits per heavy atom. The van der Waals surface area contributed by atoms with Crippen molar-refractivity contribution in [3.05, 3.63) is 99.3 Å². The summed E-state index contributed by atoms with van der Waals surface area (Å²) in [5.74, 6) is -0.655. The molecule has 0 unspecified atom stereocenters. The second-order valence-electron chi connectivity index (χ2n) is 8.04. The number of piperazine rings is 1. The van der Waals surface area contributed by atoms with Gasteiger partial charge in [-0.05, 0) is 42.0 Å². The fraction of sp³-hybridized carbons (Fsp3) is 0.200. The number of halogens is 1. The zero-order valence-corrected chi connectivity index (χ0v) is 20.0. The molecule has 0 atom stereocenters. The van der Waals surface area contributed by atoms with Crippen LogP contribution in [-0.4, -0.2) is 70.6 Å². The monoisotopic (exact) mass is 506 g/mol. The standard InChI is InChI=1S/C25H23ClN6O4/c26-21-3-1-2-19(16-21)17-28-31(25(34)20-8-10-27-11-9-20)18-24(33)30-14-12-29(13-15-30)22-4-6-23(7-5-22)32(35)36/h1-11,16-17H,12-15,18H2/b28-17+. The molecule has 3 aromatic rings. The van der Waals surface area contributed by atoms with Crippen LogP contribution in [0, 0.1) is 10.1 Å². The molecule has 184 valence electrons. The van der Waals surface area contributed by atoms with Crippen molar-refractivity contribution in [2.75, 3.05) is 37.6 Å². The lowest BCUT2D eigenvalue weighted by atomic mass is 10.2. The van der Waals surface area contributed by atoms with Crippen LogP contribution in [0.1, 0.15) is 15.9 Å². The van der Waals surface area contributed by atoms with E-state index in [-0.39, 0.29) is 18.1 Å². The van der Waals surface area contributed by atoms with E-state index in [1.165, 1.54) is 30.7 Å². The molecule has 2 amide bonds. The highest BCUT2D eigenvalue weighted by Gasteiger charge is 2.25. The topological polar surface area (TPSA) is 112 Å². The van der Waals surface area contributed by atoms with Crippen molar-refractivity contribution >= 4 is 41.0 Å². The Morgan fingerprint density at radius 1 is 1.06 bits per heavy atom. The minimum Gasteiger partial charge on any atom is -0.368 e. The smallest absolute Gasteiger partial charge is 0.274 e. The third-order valence-electron chi connectivity index (χ3n) is 5.70. The molecule has 10 nitrogen and oxygen atoms in total. The molecule has 0 spiro atoms. The lowest BCUT2D eigenvalue weighted by Crippen LogP contribution is -2.51. The number of amides is 2. The largest absolute Gasteiger partial charge is 0.368 e. The Kier molecular flexibility index (Phi) is 7.86. The Bertz CT molecular complexity index is 1260. The van der Waals surface area contributed by atoms with Gasteiger partial charge in [0, 0.05) is 67.0 Å². The molecule has 0 aliphatic carbocycles. The van der Waals surface area contributed by atoms with Crippen molar-refractivity contribution in [1.82, 2.24) is 14.9 Å². The van der Waals surface area contributed by atoms with Gasteiger partial charge in [-0.2, -0.15) is 5.10 Å². The zero-order valence-electron chi connectivity index (χ0n) is 19.2. The minimum atomic E-state index is -0.436. The summed E-state index contributed by atoms with van der Waals surface area (Å²) < 4.78 is 0.